The van der Waals surface area contributed by atoms with Crippen LogP contribution in [0.1, 0.15) is 41.4 Å². The van der Waals surface area contributed by atoms with Crippen LogP contribution in [-0.4, -0.2) is 84.2 Å². The minimum absolute atomic E-state index is 0. The molecular weight excluding hydrogens is 738 g/mol. The van der Waals surface area contributed by atoms with E-state index in [9.17, 15) is 39.6 Å². The predicted octanol–water partition coefficient (Wildman–Crippen LogP) is 5.66. The first kappa shape index (κ1) is 32.9. The van der Waals surface area contributed by atoms with Gasteiger partial charge in [-0.25, -0.2) is 49.1 Å². The molecule has 0 amide bonds. The number of aromatic amines is 2. The summed E-state index contributed by atoms with van der Waals surface area (Å²) in [6.07, 6.45) is 0. The standard InChI is InChI=1S/C36H18N8O8.Zn/c45-33(46)13-1-5-17-21(9-13)29-38-25(17)37-26-18-6-2-15(35(49)50)11-23(18)31(39-26)44-32-24-12-16(36(51)52)4-8-20(24)28(43-32)42-30-22-10-14(34(47)48)3-7-19(22)27(40-29)41-30;/h1-12H,(H,45,46)(H,47,48)(H,49,50)(H,51,52)(H2,37,38,39,40,41,42,43,44);. The average Bonchev–Trinajstić information content (AvgIpc) is 3.85. The van der Waals surface area contributed by atoms with Gasteiger partial charge in [0.15, 0.2) is 23.3 Å². The van der Waals surface area contributed by atoms with E-state index >= 15 is 0 Å². The van der Waals surface area contributed by atoms with Gasteiger partial charge in [-0.05, 0) is 72.8 Å². The minimum atomic E-state index is -1.18. The first-order chi connectivity index (χ1) is 25.0. The fourth-order valence-corrected chi connectivity index (χ4v) is 6.33. The number of nitrogens with one attached hydrogen (secondary N) is 2. The molecule has 0 atom stereocenters. The van der Waals surface area contributed by atoms with Gasteiger partial charge in [0.2, 0.25) is 0 Å². The summed E-state index contributed by atoms with van der Waals surface area (Å²) in [6, 6.07) is 17.5. The Morgan fingerprint density at radius 1 is 0.377 bits per heavy atom. The molecule has 17 heteroatoms. The molecule has 0 saturated carbocycles. The van der Waals surface area contributed by atoms with Crippen molar-refractivity contribution in [1.82, 2.24) is 39.9 Å². The van der Waals surface area contributed by atoms with Crippen molar-refractivity contribution in [1.29, 1.82) is 0 Å². The Morgan fingerprint density at radius 3 is 1.04 bits per heavy atom. The number of hydrogen-bond acceptors (Lipinski definition) is 10. The normalized spacial score (nSPS) is 11.5. The van der Waals surface area contributed by atoms with E-state index in [0.29, 0.717) is 43.8 Å². The number of rotatable bonds is 4. The Hall–Kier alpha value is -7.26. The second-order valence-corrected chi connectivity index (χ2v) is 11.9. The van der Waals surface area contributed by atoms with Crippen LogP contribution in [0.3, 0.4) is 0 Å². The number of nitrogens with zero attached hydrogens (tertiary/aromatic N) is 6. The van der Waals surface area contributed by atoms with Gasteiger partial charge in [0.05, 0.1) is 22.3 Å². The summed E-state index contributed by atoms with van der Waals surface area (Å²) in [5, 5.41) is 40.8. The molecule has 9 rings (SSSR count). The maximum absolute atomic E-state index is 12.0. The summed E-state index contributed by atoms with van der Waals surface area (Å²) in [4.78, 5) is 82.7. The predicted molar refractivity (Wildman–Crippen MR) is 184 cm³/mol. The molecule has 0 unspecified atom stereocenters. The minimum Gasteiger partial charge on any atom is -0.478 e. The number of carboxylic acid groups (broad SMARTS) is 4. The Kier molecular flexibility index (Phi) is 7.40. The van der Waals surface area contributed by atoms with Crippen LogP contribution < -0.4 is 0 Å². The van der Waals surface area contributed by atoms with Crippen LogP contribution in [0.5, 0.6) is 0 Å². The van der Waals surface area contributed by atoms with E-state index in [4.69, 9.17) is 19.9 Å². The van der Waals surface area contributed by atoms with Crippen molar-refractivity contribution in [3.05, 3.63) is 95.1 Å². The van der Waals surface area contributed by atoms with Crippen molar-refractivity contribution in [3.63, 3.8) is 0 Å². The Morgan fingerprint density at radius 2 is 0.679 bits per heavy atom. The average molecular weight is 756 g/mol. The number of aromatic nitrogens is 8. The van der Waals surface area contributed by atoms with Crippen molar-refractivity contribution in [2.24, 2.45) is 0 Å². The van der Waals surface area contributed by atoms with Gasteiger partial charge in [0.25, 0.3) is 0 Å². The summed E-state index contributed by atoms with van der Waals surface area (Å²) in [6.45, 7) is 0. The van der Waals surface area contributed by atoms with Gasteiger partial charge in [0.1, 0.15) is 22.6 Å². The van der Waals surface area contributed by atoms with E-state index in [2.05, 4.69) is 19.9 Å². The zero-order valence-corrected chi connectivity index (χ0v) is 29.7. The first-order valence-electron chi connectivity index (χ1n) is 15.3. The zero-order valence-electron chi connectivity index (χ0n) is 26.7. The number of hydrogen-bond donors (Lipinski definition) is 6. The van der Waals surface area contributed by atoms with Crippen LogP contribution >= 0.6 is 0 Å². The van der Waals surface area contributed by atoms with Crippen molar-refractivity contribution >= 4 is 68.0 Å². The smallest absolute Gasteiger partial charge is 0.335 e. The fraction of sp³-hybridized carbons (Fsp3) is 0. The second-order valence-electron chi connectivity index (χ2n) is 11.9. The first-order valence-corrected chi connectivity index (χ1v) is 15.3. The fourth-order valence-electron chi connectivity index (χ4n) is 6.33. The molecule has 0 radical (unpaired) electrons. The SMILES string of the molecule is O=C(O)c1ccc2c(c1)-c1nc-2nc2[nH]c(nc3nc(nc4[nH]c(n1)c1ccc(C(=O)O)cc41)-c1cc(C(=O)O)ccc1-3)c1ccc(C(=O)O)cc21.[Zn]. The number of benzene rings is 4. The van der Waals surface area contributed by atoms with Crippen LogP contribution in [0.15, 0.2) is 72.8 Å². The van der Waals surface area contributed by atoms with E-state index in [1.807, 2.05) is 0 Å². The number of H-pyrrole nitrogens is 2. The van der Waals surface area contributed by atoms with Crippen LogP contribution in [0.4, 0.5) is 0 Å². The molecule has 0 spiro atoms. The molecule has 5 heterocycles. The van der Waals surface area contributed by atoms with Gasteiger partial charge in [-0.3, -0.25) is 0 Å². The summed E-state index contributed by atoms with van der Waals surface area (Å²) >= 11 is 0. The van der Waals surface area contributed by atoms with Crippen molar-refractivity contribution in [2.45, 2.75) is 0 Å². The van der Waals surface area contributed by atoms with Gasteiger partial charge in [-0.2, -0.15) is 0 Å². The molecule has 6 N–H and O–H groups in total. The van der Waals surface area contributed by atoms with Crippen molar-refractivity contribution in [3.8, 4) is 45.6 Å². The van der Waals surface area contributed by atoms with Gasteiger partial charge in [-0.1, -0.05) is 0 Å². The van der Waals surface area contributed by atoms with Gasteiger partial charge >= 0.3 is 23.9 Å². The van der Waals surface area contributed by atoms with Crippen LogP contribution in [-0.2, 0) is 19.5 Å². The number of fused-ring (bicyclic) bond motifs is 20. The molecule has 53 heavy (non-hydrogen) atoms. The van der Waals surface area contributed by atoms with E-state index in [0.717, 1.165) is 0 Å². The Balaban J connectivity index is 0.00000400. The van der Waals surface area contributed by atoms with Gasteiger partial charge in [0, 0.05) is 63.3 Å². The number of aromatic carboxylic acids is 4. The van der Waals surface area contributed by atoms with Crippen molar-refractivity contribution in [2.75, 3.05) is 0 Å². The molecule has 4 aromatic carbocycles. The van der Waals surface area contributed by atoms with E-state index in [-0.39, 0.29) is 87.6 Å². The molecule has 252 valence electrons. The number of carbonyl (C=O) groups is 4. The Bertz CT molecular complexity index is 3010. The molecule has 2 aliphatic heterocycles. The van der Waals surface area contributed by atoms with Gasteiger partial charge < -0.3 is 30.4 Å². The largest absolute Gasteiger partial charge is 0.478 e. The maximum Gasteiger partial charge on any atom is 0.335 e. The van der Waals surface area contributed by atoms with E-state index < -0.39 is 23.9 Å². The van der Waals surface area contributed by atoms with Crippen LogP contribution in [0, 0.1) is 0 Å². The molecular formula is C36H18N8O8Zn. The third-order valence-electron chi connectivity index (χ3n) is 8.82. The summed E-state index contributed by atoms with van der Waals surface area (Å²) in [7, 11) is 0. The molecule has 3 aromatic heterocycles. The third kappa shape index (κ3) is 5.25. The molecule has 7 aromatic rings. The summed E-state index contributed by atoms with van der Waals surface area (Å²) < 4.78 is 0. The Labute approximate surface area is 306 Å². The molecule has 0 saturated heterocycles. The molecule has 8 bridgehead atoms. The van der Waals surface area contributed by atoms with Crippen LogP contribution in [0.2, 0.25) is 0 Å². The molecule has 0 aliphatic carbocycles. The quantitative estimate of drug-likeness (QED) is 0.119. The summed E-state index contributed by atoms with van der Waals surface area (Å²) in [5.74, 6) is -4.26. The molecule has 2 aliphatic rings. The second kappa shape index (κ2) is 11.9. The van der Waals surface area contributed by atoms with E-state index in [1.165, 1.54) is 48.5 Å². The maximum atomic E-state index is 12.0. The van der Waals surface area contributed by atoms with Crippen LogP contribution in [0.25, 0.3) is 89.7 Å². The van der Waals surface area contributed by atoms with E-state index in [1.54, 1.807) is 24.3 Å². The monoisotopic (exact) mass is 754 g/mol. The third-order valence-corrected chi connectivity index (χ3v) is 8.82. The molecule has 0 fully saturated rings. The molecule has 16 nitrogen and oxygen atoms in total. The summed E-state index contributed by atoms with van der Waals surface area (Å²) in [5.41, 5.74) is 2.25. The number of carboxylic acids is 4. The van der Waals surface area contributed by atoms with Crippen molar-refractivity contribution < 1.29 is 59.1 Å². The topological polar surface area (TPSA) is 258 Å². The zero-order chi connectivity index (χ0) is 36.0. The van der Waals surface area contributed by atoms with Gasteiger partial charge in [-0.15, -0.1) is 0 Å².